The highest BCUT2D eigenvalue weighted by Gasteiger charge is 2.13. The van der Waals surface area contributed by atoms with Crippen LogP contribution in [0.5, 0.6) is 5.75 Å². The average molecular weight is 330 g/mol. The third-order valence-electron chi connectivity index (χ3n) is 3.94. The molecule has 2 rings (SSSR count). The van der Waals surface area contributed by atoms with E-state index in [1.54, 1.807) is 7.11 Å². The van der Waals surface area contributed by atoms with E-state index in [9.17, 15) is 5.11 Å². The molecule has 0 saturated heterocycles. The molecule has 0 radical (unpaired) electrons. The highest BCUT2D eigenvalue weighted by Crippen LogP contribution is 2.16. The summed E-state index contributed by atoms with van der Waals surface area (Å²) in [6, 6.07) is 12.4. The minimum absolute atomic E-state index is 0.314. The molecule has 1 unspecified atom stereocenters. The van der Waals surface area contributed by atoms with Gasteiger partial charge in [0.25, 0.3) is 0 Å². The number of aromatic nitrogens is 1. The topological polar surface area (TPSA) is 37.6 Å². The molecule has 1 atom stereocenters. The van der Waals surface area contributed by atoms with E-state index in [1.807, 2.05) is 19.1 Å². The summed E-state index contributed by atoms with van der Waals surface area (Å²) < 4.78 is 7.58. The summed E-state index contributed by atoms with van der Waals surface area (Å²) in [6.45, 7) is 9.62. The first-order valence-electron chi connectivity index (χ1n) is 8.65. The van der Waals surface area contributed by atoms with E-state index < -0.39 is 0 Å². The van der Waals surface area contributed by atoms with Gasteiger partial charge in [0, 0.05) is 38.1 Å². The van der Waals surface area contributed by atoms with E-state index >= 15 is 0 Å². The van der Waals surface area contributed by atoms with Gasteiger partial charge in [-0.3, -0.25) is 4.90 Å². The first-order chi connectivity index (χ1) is 11.5. The molecule has 0 spiro atoms. The van der Waals surface area contributed by atoms with Crippen LogP contribution in [-0.4, -0.2) is 40.9 Å². The van der Waals surface area contributed by atoms with E-state index in [1.165, 1.54) is 11.3 Å². The zero-order chi connectivity index (χ0) is 17.5. The molecular formula is C20H30N2O2. The number of benzene rings is 1. The molecule has 1 aromatic carbocycles. The van der Waals surface area contributed by atoms with E-state index in [0.717, 1.165) is 25.4 Å². The van der Waals surface area contributed by atoms with Crippen LogP contribution < -0.4 is 4.74 Å². The molecule has 0 aliphatic rings. The molecule has 0 aliphatic carbocycles. The van der Waals surface area contributed by atoms with Gasteiger partial charge in [-0.25, -0.2) is 0 Å². The van der Waals surface area contributed by atoms with E-state index in [0.29, 0.717) is 12.5 Å². The summed E-state index contributed by atoms with van der Waals surface area (Å²) >= 11 is 0. The Morgan fingerprint density at radius 3 is 2.58 bits per heavy atom. The normalized spacial score (nSPS) is 12.8. The van der Waals surface area contributed by atoms with E-state index in [2.05, 4.69) is 53.8 Å². The van der Waals surface area contributed by atoms with Crippen molar-refractivity contribution in [1.82, 2.24) is 9.47 Å². The quantitative estimate of drug-likeness (QED) is 0.766. The first kappa shape index (κ1) is 18.6. The van der Waals surface area contributed by atoms with Gasteiger partial charge in [-0.2, -0.15) is 0 Å². The highest BCUT2D eigenvalue weighted by molar-refractivity contribution is 5.29. The predicted octanol–water partition coefficient (Wildman–Crippen LogP) is 3.38. The molecule has 2 aromatic rings. The second kappa shape index (κ2) is 8.90. The molecule has 4 heteroatoms. The molecule has 24 heavy (non-hydrogen) atoms. The van der Waals surface area contributed by atoms with Gasteiger partial charge in [-0.05, 0) is 42.7 Å². The zero-order valence-electron chi connectivity index (χ0n) is 15.3. The van der Waals surface area contributed by atoms with Crippen LogP contribution >= 0.6 is 0 Å². The van der Waals surface area contributed by atoms with Crippen molar-refractivity contribution in [3.8, 4) is 5.75 Å². The van der Waals surface area contributed by atoms with E-state index in [4.69, 9.17) is 4.74 Å². The van der Waals surface area contributed by atoms with E-state index in [-0.39, 0.29) is 6.10 Å². The smallest absolute Gasteiger partial charge is 0.119 e. The van der Waals surface area contributed by atoms with Crippen molar-refractivity contribution in [3.05, 3.63) is 53.9 Å². The fraction of sp³-hybridized carbons (Fsp3) is 0.500. The van der Waals surface area contributed by atoms with Gasteiger partial charge in [0.1, 0.15) is 5.75 Å². The molecule has 0 aliphatic heterocycles. The van der Waals surface area contributed by atoms with Gasteiger partial charge in [0.05, 0.1) is 13.2 Å². The lowest BCUT2D eigenvalue weighted by atomic mass is 10.2. The van der Waals surface area contributed by atoms with Gasteiger partial charge >= 0.3 is 0 Å². The largest absolute Gasteiger partial charge is 0.497 e. The maximum Gasteiger partial charge on any atom is 0.119 e. The van der Waals surface area contributed by atoms with Crippen molar-refractivity contribution >= 4 is 0 Å². The Morgan fingerprint density at radius 1 is 1.12 bits per heavy atom. The monoisotopic (exact) mass is 330 g/mol. The van der Waals surface area contributed by atoms with Crippen LogP contribution in [0.4, 0.5) is 0 Å². The summed E-state index contributed by atoms with van der Waals surface area (Å²) in [4.78, 5) is 2.33. The Balaban J connectivity index is 2.10. The Kier molecular flexibility index (Phi) is 6.88. The van der Waals surface area contributed by atoms with Crippen molar-refractivity contribution in [2.24, 2.45) is 5.92 Å². The number of ether oxygens (including phenoxy) is 1. The SMILES string of the molecule is COc1cccc(Cn2cccc2CN(CC(C)C)CC(C)O)c1. The van der Waals surface area contributed by atoms with Crippen molar-refractivity contribution in [1.29, 1.82) is 0 Å². The molecule has 1 heterocycles. The Bertz CT molecular complexity index is 610. The lowest BCUT2D eigenvalue weighted by Crippen LogP contribution is -2.34. The fourth-order valence-corrected chi connectivity index (χ4v) is 3.04. The van der Waals surface area contributed by atoms with Crippen molar-refractivity contribution in [3.63, 3.8) is 0 Å². The molecule has 0 amide bonds. The maximum atomic E-state index is 9.76. The number of nitrogens with zero attached hydrogens (tertiary/aromatic N) is 2. The van der Waals surface area contributed by atoms with Gasteiger partial charge < -0.3 is 14.4 Å². The van der Waals surface area contributed by atoms with Crippen molar-refractivity contribution in [2.75, 3.05) is 20.2 Å². The summed E-state index contributed by atoms with van der Waals surface area (Å²) in [5.74, 6) is 1.46. The van der Waals surface area contributed by atoms with Crippen LogP contribution in [0, 0.1) is 5.92 Å². The van der Waals surface area contributed by atoms with Crippen LogP contribution in [-0.2, 0) is 13.1 Å². The number of rotatable bonds is 9. The summed E-state index contributed by atoms with van der Waals surface area (Å²) in [6.07, 6.45) is 1.80. The molecule has 1 N–H and O–H groups in total. The highest BCUT2D eigenvalue weighted by atomic mass is 16.5. The first-order valence-corrected chi connectivity index (χ1v) is 8.65. The Labute approximate surface area is 145 Å². The maximum absolute atomic E-state index is 9.76. The predicted molar refractivity (Wildman–Crippen MR) is 98.3 cm³/mol. The molecule has 0 fully saturated rings. The molecular weight excluding hydrogens is 300 g/mol. The van der Waals surface area contributed by atoms with Gasteiger partial charge in [-0.15, -0.1) is 0 Å². The minimum atomic E-state index is -0.314. The summed E-state index contributed by atoms with van der Waals surface area (Å²) in [7, 11) is 1.69. The lowest BCUT2D eigenvalue weighted by molar-refractivity contribution is 0.113. The summed E-state index contributed by atoms with van der Waals surface area (Å²) in [5, 5.41) is 9.76. The minimum Gasteiger partial charge on any atom is -0.497 e. The second-order valence-corrected chi connectivity index (χ2v) is 6.92. The number of aliphatic hydroxyl groups excluding tert-OH is 1. The number of aliphatic hydroxyl groups is 1. The van der Waals surface area contributed by atoms with Crippen molar-refractivity contribution in [2.45, 2.75) is 40.0 Å². The number of methoxy groups -OCH3 is 1. The Hall–Kier alpha value is -1.78. The van der Waals surface area contributed by atoms with Gasteiger partial charge in [0.2, 0.25) is 0 Å². The fourth-order valence-electron chi connectivity index (χ4n) is 3.04. The molecule has 4 nitrogen and oxygen atoms in total. The summed E-state index contributed by atoms with van der Waals surface area (Å²) in [5.41, 5.74) is 2.48. The molecule has 0 bridgehead atoms. The number of hydrogen-bond donors (Lipinski definition) is 1. The van der Waals surface area contributed by atoms with Crippen LogP contribution in [0.3, 0.4) is 0 Å². The number of hydrogen-bond acceptors (Lipinski definition) is 3. The Morgan fingerprint density at radius 2 is 1.92 bits per heavy atom. The molecule has 132 valence electrons. The second-order valence-electron chi connectivity index (χ2n) is 6.92. The zero-order valence-corrected chi connectivity index (χ0v) is 15.3. The van der Waals surface area contributed by atoms with Crippen LogP contribution in [0.15, 0.2) is 42.6 Å². The van der Waals surface area contributed by atoms with Crippen LogP contribution in [0.2, 0.25) is 0 Å². The molecule has 1 aromatic heterocycles. The third-order valence-corrected chi connectivity index (χ3v) is 3.94. The third kappa shape index (κ3) is 5.69. The van der Waals surface area contributed by atoms with Crippen LogP contribution in [0.1, 0.15) is 32.0 Å². The lowest BCUT2D eigenvalue weighted by Gasteiger charge is -2.26. The van der Waals surface area contributed by atoms with Crippen LogP contribution in [0.25, 0.3) is 0 Å². The molecule has 0 saturated carbocycles. The van der Waals surface area contributed by atoms with Gasteiger partial charge in [-0.1, -0.05) is 26.0 Å². The average Bonchev–Trinajstić information content (AvgIpc) is 2.93. The van der Waals surface area contributed by atoms with Crippen molar-refractivity contribution < 1.29 is 9.84 Å². The van der Waals surface area contributed by atoms with Gasteiger partial charge in [0.15, 0.2) is 0 Å². The standard InChI is InChI=1S/C20H30N2O2/c1-16(2)12-21(13-17(3)23)15-19-8-6-10-22(19)14-18-7-5-9-20(11-18)24-4/h5-11,16-17,23H,12-15H2,1-4H3.